The lowest BCUT2D eigenvalue weighted by Crippen LogP contribution is -2.42. The van der Waals surface area contributed by atoms with Gasteiger partial charge in [-0.05, 0) is 31.9 Å². The van der Waals surface area contributed by atoms with Gasteiger partial charge in [0.15, 0.2) is 0 Å². The number of fused-ring (bicyclic) bond motifs is 1. The first-order valence-corrected chi connectivity index (χ1v) is 7.70. The summed E-state index contributed by atoms with van der Waals surface area (Å²) in [6, 6.07) is 7.77. The number of benzene rings is 1. The minimum Gasteiger partial charge on any atom is -0.444 e. The van der Waals surface area contributed by atoms with E-state index in [1.165, 1.54) is 5.56 Å². The van der Waals surface area contributed by atoms with Gasteiger partial charge in [-0.2, -0.15) is 0 Å². The van der Waals surface area contributed by atoms with Crippen molar-refractivity contribution in [1.82, 2.24) is 15.1 Å². The van der Waals surface area contributed by atoms with Crippen molar-refractivity contribution in [1.29, 1.82) is 0 Å². The SMILES string of the molecule is Cc1nnc(C2Cc3ccccc3CN2C(=O)OC(C)(C)C)o1. The summed E-state index contributed by atoms with van der Waals surface area (Å²) in [6.07, 6.45) is 0.268. The highest BCUT2D eigenvalue weighted by molar-refractivity contribution is 5.69. The van der Waals surface area contributed by atoms with Crippen molar-refractivity contribution < 1.29 is 13.9 Å². The van der Waals surface area contributed by atoms with Gasteiger partial charge < -0.3 is 9.15 Å². The van der Waals surface area contributed by atoms with E-state index in [4.69, 9.17) is 9.15 Å². The minimum absolute atomic E-state index is 0.305. The molecule has 6 nitrogen and oxygen atoms in total. The summed E-state index contributed by atoms with van der Waals surface area (Å²) < 4.78 is 11.1. The molecule has 1 aromatic heterocycles. The lowest BCUT2D eigenvalue weighted by atomic mass is 9.94. The molecule has 1 amide bonds. The Kier molecular flexibility index (Phi) is 3.83. The molecule has 2 aromatic rings. The number of ether oxygens (including phenoxy) is 1. The van der Waals surface area contributed by atoms with Gasteiger partial charge >= 0.3 is 6.09 Å². The third-order valence-corrected chi connectivity index (χ3v) is 3.70. The monoisotopic (exact) mass is 315 g/mol. The van der Waals surface area contributed by atoms with Crippen LogP contribution in [0.2, 0.25) is 0 Å². The molecule has 3 rings (SSSR count). The molecule has 0 fully saturated rings. The zero-order valence-electron chi connectivity index (χ0n) is 13.9. The number of amides is 1. The molecule has 2 heterocycles. The number of aryl methyl sites for hydroxylation is 1. The molecule has 1 aromatic carbocycles. The summed E-state index contributed by atoms with van der Waals surface area (Å²) >= 11 is 0. The molecule has 0 bridgehead atoms. The van der Waals surface area contributed by atoms with Gasteiger partial charge in [-0.1, -0.05) is 24.3 Å². The molecular weight excluding hydrogens is 294 g/mol. The lowest BCUT2D eigenvalue weighted by Gasteiger charge is -2.36. The van der Waals surface area contributed by atoms with Crippen LogP contribution in [0, 0.1) is 6.92 Å². The van der Waals surface area contributed by atoms with E-state index in [9.17, 15) is 4.79 Å². The molecule has 1 unspecified atom stereocenters. The van der Waals surface area contributed by atoms with Gasteiger partial charge in [0, 0.05) is 13.3 Å². The minimum atomic E-state index is -0.552. The molecule has 0 saturated carbocycles. The molecule has 0 aliphatic carbocycles. The Hall–Kier alpha value is -2.37. The van der Waals surface area contributed by atoms with E-state index < -0.39 is 5.60 Å². The predicted octanol–water partition coefficient (Wildman–Crippen LogP) is 3.41. The van der Waals surface area contributed by atoms with Gasteiger partial charge in [0.25, 0.3) is 0 Å². The van der Waals surface area contributed by atoms with Crippen LogP contribution in [0.25, 0.3) is 0 Å². The zero-order chi connectivity index (χ0) is 16.6. The van der Waals surface area contributed by atoms with Crippen LogP contribution in [0.5, 0.6) is 0 Å². The van der Waals surface area contributed by atoms with Gasteiger partial charge in [0.1, 0.15) is 11.6 Å². The first-order valence-electron chi connectivity index (χ1n) is 7.70. The highest BCUT2D eigenvalue weighted by atomic mass is 16.6. The maximum absolute atomic E-state index is 12.6. The van der Waals surface area contributed by atoms with Crippen LogP contribution < -0.4 is 0 Å². The molecule has 0 N–H and O–H groups in total. The summed E-state index contributed by atoms with van der Waals surface area (Å²) in [5, 5.41) is 8.00. The second kappa shape index (κ2) is 5.68. The van der Waals surface area contributed by atoms with E-state index in [1.807, 2.05) is 39.0 Å². The number of carbonyl (C=O) groups is 1. The van der Waals surface area contributed by atoms with Crippen LogP contribution in [0.1, 0.15) is 49.7 Å². The fourth-order valence-corrected chi connectivity index (χ4v) is 2.70. The van der Waals surface area contributed by atoms with Gasteiger partial charge in [-0.25, -0.2) is 4.79 Å². The number of hydrogen-bond donors (Lipinski definition) is 0. The van der Waals surface area contributed by atoms with Gasteiger partial charge in [-0.15, -0.1) is 10.2 Å². The maximum atomic E-state index is 12.6. The Morgan fingerprint density at radius 1 is 1.26 bits per heavy atom. The summed E-state index contributed by atoms with van der Waals surface area (Å²) in [5.74, 6) is 0.936. The van der Waals surface area contributed by atoms with Crippen LogP contribution in [-0.2, 0) is 17.7 Å². The Labute approximate surface area is 135 Å². The van der Waals surface area contributed by atoms with Crippen molar-refractivity contribution in [2.75, 3.05) is 0 Å². The quantitative estimate of drug-likeness (QED) is 0.806. The van der Waals surface area contributed by atoms with Crippen molar-refractivity contribution >= 4 is 6.09 Å². The molecular formula is C17H21N3O3. The van der Waals surface area contributed by atoms with Crippen molar-refractivity contribution in [3.63, 3.8) is 0 Å². The fourth-order valence-electron chi connectivity index (χ4n) is 2.70. The molecule has 1 aliphatic heterocycles. The van der Waals surface area contributed by atoms with Crippen LogP contribution in [0.3, 0.4) is 0 Å². The predicted molar refractivity (Wildman–Crippen MR) is 83.7 cm³/mol. The molecule has 6 heteroatoms. The Morgan fingerprint density at radius 3 is 2.57 bits per heavy atom. The molecule has 0 spiro atoms. The van der Waals surface area contributed by atoms with Crippen molar-refractivity contribution in [2.45, 2.75) is 52.3 Å². The molecule has 0 saturated heterocycles. The van der Waals surface area contributed by atoms with Crippen molar-refractivity contribution in [2.24, 2.45) is 0 Å². The van der Waals surface area contributed by atoms with Crippen molar-refractivity contribution in [3.05, 3.63) is 47.2 Å². The summed E-state index contributed by atoms with van der Waals surface area (Å²) in [6.45, 7) is 7.78. The van der Waals surface area contributed by atoms with Crippen molar-refractivity contribution in [3.8, 4) is 0 Å². The summed E-state index contributed by atoms with van der Waals surface area (Å²) in [4.78, 5) is 14.3. The van der Waals surface area contributed by atoms with E-state index >= 15 is 0 Å². The Morgan fingerprint density at radius 2 is 1.96 bits per heavy atom. The van der Waals surface area contributed by atoms with E-state index in [-0.39, 0.29) is 12.1 Å². The van der Waals surface area contributed by atoms with Crippen LogP contribution in [-0.4, -0.2) is 26.8 Å². The molecule has 1 atom stereocenters. The smallest absolute Gasteiger partial charge is 0.411 e. The first kappa shape index (κ1) is 15.5. The largest absolute Gasteiger partial charge is 0.444 e. The average Bonchev–Trinajstić information content (AvgIpc) is 2.90. The highest BCUT2D eigenvalue weighted by Crippen LogP contribution is 2.33. The highest BCUT2D eigenvalue weighted by Gasteiger charge is 2.36. The summed E-state index contributed by atoms with van der Waals surface area (Å²) in [5.41, 5.74) is 1.75. The number of hydrogen-bond acceptors (Lipinski definition) is 5. The number of nitrogens with zero attached hydrogens (tertiary/aromatic N) is 3. The van der Waals surface area contributed by atoms with Crippen LogP contribution in [0.15, 0.2) is 28.7 Å². The molecule has 0 radical (unpaired) electrons. The topological polar surface area (TPSA) is 68.5 Å². The third kappa shape index (κ3) is 3.36. The fraction of sp³-hybridized carbons (Fsp3) is 0.471. The van der Waals surface area contributed by atoms with Crippen LogP contribution >= 0.6 is 0 Å². The number of carbonyl (C=O) groups excluding carboxylic acids is 1. The second-order valence-electron chi connectivity index (χ2n) is 6.76. The Bertz CT molecular complexity index is 718. The standard InChI is InChI=1S/C17H21N3O3/c1-11-18-19-15(22-11)14-9-12-7-5-6-8-13(12)10-20(14)16(21)23-17(2,3)4/h5-8,14H,9-10H2,1-4H3. The van der Waals surface area contributed by atoms with Crippen LogP contribution in [0.4, 0.5) is 4.79 Å². The number of aromatic nitrogens is 2. The first-order chi connectivity index (χ1) is 10.8. The van der Waals surface area contributed by atoms with Gasteiger partial charge in [0.2, 0.25) is 11.8 Å². The van der Waals surface area contributed by atoms with Gasteiger partial charge in [-0.3, -0.25) is 4.90 Å². The Balaban J connectivity index is 1.94. The summed E-state index contributed by atoms with van der Waals surface area (Å²) in [7, 11) is 0. The zero-order valence-corrected chi connectivity index (χ0v) is 13.9. The molecule has 1 aliphatic rings. The van der Waals surface area contributed by atoms with E-state index in [0.29, 0.717) is 24.7 Å². The van der Waals surface area contributed by atoms with E-state index in [0.717, 1.165) is 5.56 Å². The van der Waals surface area contributed by atoms with E-state index in [2.05, 4.69) is 16.3 Å². The normalized spacial score (nSPS) is 17.7. The molecule has 122 valence electrons. The molecule has 23 heavy (non-hydrogen) atoms. The lowest BCUT2D eigenvalue weighted by molar-refractivity contribution is 0.00840. The average molecular weight is 315 g/mol. The second-order valence-corrected chi connectivity index (χ2v) is 6.76. The maximum Gasteiger partial charge on any atom is 0.411 e. The number of rotatable bonds is 1. The third-order valence-electron chi connectivity index (χ3n) is 3.70. The van der Waals surface area contributed by atoms with E-state index in [1.54, 1.807) is 11.8 Å². The van der Waals surface area contributed by atoms with Gasteiger partial charge in [0.05, 0.1) is 6.54 Å².